The number of aromatic nitrogens is 2. The summed E-state index contributed by atoms with van der Waals surface area (Å²) in [6.07, 6.45) is 8.29. The van der Waals surface area contributed by atoms with E-state index < -0.39 is 0 Å². The van der Waals surface area contributed by atoms with Crippen LogP contribution in [0.1, 0.15) is 60.3 Å². The van der Waals surface area contributed by atoms with Gasteiger partial charge in [0.25, 0.3) is 5.91 Å². The number of hydrogen-bond acceptors (Lipinski definition) is 4. The van der Waals surface area contributed by atoms with E-state index in [1.807, 2.05) is 4.90 Å². The maximum absolute atomic E-state index is 12.9. The average molecular weight is 333 g/mol. The van der Waals surface area contributed by atoms with E-state index in [1.165, 1.54) is 6.42 Å². The Morgan fingerprint density at radius 1 is 1.29 bits per heavy atom. The number of rotatable bonds is 2. The van der Waals surface area contributed by atoms with Gasteiger partial charge in [0.05, 0.1) is 11.7 Å². The van der Waals surface area contributed by atoms with Crippen molar-refractivity contribution in [1.29, 1.82) is 0 Å². The molecule has 2 fully saturated rings. The van der Waals surface area contributed by atoms with Crippen LogP contribution in [0.5, 0.6) is 0 Å². The van der Waals surface area contributed by atoms with Crippen molar-refractivity contribution in [2.45, 2.75) is 63.1 Å². The normalized spacial score (nSPS) is 26.4. The Balaban J connectivity index is 1.46. The van der Waals surface area contributed by atoms with Crippen LogP contribution in [0.25, 0.3) is 0 Å². The van der Waals surface area contributed by atoms with E-state index in [4.69, 9.17) is 9.47 Å². The lowest BCUT2D eigenvalue weighted by Gasteiger charge is -2.47. The van der Waals surface area contributed by atoms with Gasteiger partial charge in [-0.05, 0) is 51.4 Å². The molecule has 0 unspecified atom stereocenters. The lowest BCUT2D eigenvalue weighted by Crippen LogP contribution is -2.56. The van der Waals surface area contributed by atoms with E-state index in [2.05, 4.69) is 10.2 Å². The largest absolute Gasteiger partial charge is 0.378 e. The first-order valence-corrected chi connectivity index (χ1v) is 9.26. The number of fused-ring (bicyclic) bond motifs is 1. The lowest BCUT2D eigenvalue weighted by atomic mass is 9.81. The number of nitrogens with zero attached hydrogens (tertiary/aromatic N) is 2. The molecule has 4 rings (SSSR count). The number of aromatic amines is 1. The maximum atomic E-state index is 12.9. The molecule has 24 heavy (non-hydrogen) atoms. The Morgan fingerprint density at radius 3 is 2.88 bits per heavy atom. The molecule has 2 aliphatic heterocycles. The number of aryl methyl sites for hydroxylation is 1. The Labute approximate surface area is 142 Å². The molecular weight excluding hydrogens is 306 g/mol. The molecule has 1 aromatic heterocycles. The molecule has 3 aliphatic rings. The van der Waals surface area contributed by atoms with Crippen LogP contribution in [-0.4, -0.2) is 59.5 Å². The van der Waals surface area contributed by atoms with E-state index in [1.54, 1.807) is 7.11 Å². The molecule has 1 N–H and O–H groups in total. The summed E-state index contributed by atoms with van der Waals surface area (Å²) in [5, 5.41) is 7.41. The first-order chi connectivity index (χ1) is 11.7. The third-order valence-electron chi connectivity index (χ3n) is 6.03. The summed E-state index contributed by atoms with van der Waals surface area (Å²) < 4.78 is 11.8. The standard InChI is InChI=1S/C18H27N3O3/c1-23-15-7-4-12-24-18(15)8-10-21(11-9-18)17(22)16-13-5-2-3-6-14(13)19-20-16/h15H,2-12H2,1H3,(H,19,20)/t15-/m0/s1. The molecule has 0 aromatic carbocycles. The van der Waals surface area contributed by atoms with Gasteiger partial charge in [-0.15, -0.1) is 0 Å². The predicted molar refractivity (Wildman–Crippen MR) is 89.1 cm³/mol. The summed E-state index contributed by atoms with van der Waals surface area (Å²) in [6.45, 7) is 2.25. The van der Waals surface area contributed by atoms with Gasteiger partial charge < -0.3 is 14.4 Å². The number of ether oxygens (including phenoxy) is 2. The van der Waals surface area contributed by atoms with Crippen LogP contribution in [0.3, 0.4) is 0 Å². The molecule has 0 saturated carbocycles. The fourth-order valence-electron chi connectivity index (χ4n) is 4.59. The number of carbonyl (C=O) groups excluding carboxylic acids is 1. The van der Waals surface area contributed by atoms with Crippen LogP contribution in [0.2, 0.25) is 0 Å². The minimum atomic E-state index is -0.200. The lowest BCUT2D eigenvalue weighted by molar-refractivity contribution is -0.183. The van der Waals surface area contributed by atoms with Crippen LogP contribution in [-0.2, 0) is 22.3 Å². The molecule has 1 aliphatic carbocycles. The zero-order valence-corrected chi connectivity index (χ0v) is 14.5. The topological polar surface area (TPSA) is 67.5 Å². The third-order valence-corrected chi connectivity index (χ3v) is 6.03. The highest BCUT2D eigenvalue weighted by molar-refractivity contribution is 5.94. The van der Waals surface area contributed by atoms with E-state index in [9.17, 15) is 4.79 Å². The second-order valence-electron chi connectivity index (χ2n) is 7.31. The van der Waals surface area contributed by atoms with Gasteiger partial charge in [-0.2, -0.15) is 5.10 Å². The first-order valence-electron chi connectivity index (χ1n) is 9.26. The van der Waals surface area contributed by atoms with Gasteiger partial charge in [0.15, 0.2) is 5.69 Å². The summed E-state index contributed by atoms with van der Waals surface area (Å²) in [7, 11) is 1.77. The molecule has 1 atom stereocenters. The molecule has 1 spiro atoms. The van der Waals surface area contributed by atoms with Crippen molar-refractivity contribution < 1.29 is 14.3 Å². The van der Waals surface area contributed by atoms with Gasteiger partial charge in [0, 0.05) is 38.1 Å². The quantitative estimate of drug-likeness (QED) is 0.900. The van der Waals surface area contributed by atoms with Crippen molar-refractivity contribution in [2.24, 2.45) is 0 Å². The second-order valence-corrected chi connectivity index (χ2v) is 7.31. The second kappa shape index (κ2) is 6.48. The number of piperidine rings is 1. The predicted octanol–water partition coefficient (Wildman–Crippen LogP) is 2.09. The molecule has 132 valence electrons. The van der Waals surface area contributed by atoms with Crippen molar-refractivity contribution in [3.63, 3.8) is 0 Å². The minimum absolute atomic E-state index is 0.0778. The number of methoxy groups -OCH3 is 1. The van der Waals surface area contributed by atoms with E-state index in [0.29, 0.717) is 5.69 Å². The van der Waals surface area contributed by atoms with Gasteiger partial charge in [-0.1, -0.05) is 0 Å². The first kappa shape index (κ1) is 16.1. The fourth-order valence-corrected chi connectivity index (χ4v) is 4.59. The van der Waals surface area contributed by atoms with Crippen LogP contribution >= 0.6 is 0 Å². The molecule has 1 amide bonds. The number of nitrogens with one attached hydrogen (secondary N) is 1. The summed E-state index contributed by atoms with van der Waals surface area (Å²) in [4.78, 5) is 14.9. The number of likely N-dealkylation sites (tertiary alicyclic amines) is 1. The smallest absolute Gasteiger partial charge is 0.274 e. The van der Waals surface area contributed by atoms with Crippen LogP contribution in [0.15, 0.2) is 0 Å². The maximum Gasteiger partial charge on any atom is 0.274 e. The Bertz CT molecular complexity index is 605. The third kappa shape index (κ3) is 2.65. The fraction of sp³-hybridized carbons (Fsp3) is 0.778. The zero-order chi connectivity index (χ0) is 16.6. The summed E-state index contributed by atoms with van der Waals surface area (Å²) >= 11 is 0. The molecule has 2 saturated heterocycles. The van der Waals surface area contributed by atoms with Gasteiger partial charge in [0.2, 0.25) is 0 Å². The number of H-pyrrole nitrogens is 1. The number of amides is 1. The summed E-state index contributed by atoms with van der Waals surface area (Å²) in [5.41, 5.74) is 2.76. The summed E-state index contributed by atoms with van der Waals surface area (Å²) in [6, 6.07) is 0. The summed E-state index contributed by atoms with van der Waals surface area (Å²) in [5.74, 6) is 0.0778. The van der Waals surface area contributed by atoms with Crippen molar-refractivity contribution in [3.8, 4) is 0 Å². The monoisotopic (exact) mass is 333 g/mol. The van der Waals surface area contributed by atoms with Gasteiger partial charge in [-0.3, -0.25) is 9.89 Å². The van der Waals surface area contributed by atoms with Crippen molar-refractivity contribution >= 4 is 5.91 Å². The molecular formula is C18H27N3O3. The highest BCUT2D eigenvalue weighted by Crippen LogP contribution is 2.37. The highest BCUT2D eigenvalue weighted by atomic mass is 16.5. The minimum Gasteiger partial charge on any atom is -0.378 e. The van der Waals surface area contributed by atoms with Gasteiger partial charge >= 0.3 is 0 Å². The highest BCUT2D eigenvalue weighted by Gasteiger charge is 2.45. The number of carbonyl (C=O) groups is 1. The van der Waals surface area contributed by atoms with E-state index in [0.717, 1.165) is 75.9 Å². The SMILES string of the molecule is CO[C@H]1CCCOC12CCN(C(=O)c1n[nH]c3c1CCCC3)CC2. The van der Waals surface area contributed by atoms with Crippen LogP contribution in [0, 0.1) is 0 Å². The van der Waals surface area contributed by atoms with Crippen molar-refractivity contribution in [3.05, 3.63) is 17.0 Å². The molecule has 1 aromatic rings. The Hall–Kier alpha value is -1.40. The Morgan fingerprint density at radius 2 is 2.08 bits per heavy atom. The number of hydrogen-bond donors (Lipinski definition) is 1. The van der Waals surface area contributed by atoms with Crippen molar-refractivity contribution in [1.82, 2.24) is 15.1 Å². The molecule has 3 heterocycles. The average Bonchev–Trinajstić information content (AvgIpc) is 3.06. The molecule has 0 bridgehead atoms. The van der Waals surface area contributed by atoms with Crippen LogP contribution in [0.4, 0.5) is 0 Å². The van der Waals surface area contributed by atoms with Gasteiger partial charge in [-0.25, -0.2) is 0 Å². The zero-order valence-electron chi connectivity index (χ0n) is 14.5. The van der Waals surface area contributed by atoms with E-state index in [-0.39, 0.29) is 17.6 Å². The van der Waals surface area contributed by atoms with E-state index >= 15 is 0 Å². The molecule has 6 nitrogen and oxygen atoms in total. The van der Waals surface area contributed by atoms with Crippen LogP contribution < -0.4 is 0 Å². The Kier molecular flexibility index (Phi) is 4.35. The van der Waals surface area contributed by atoms with Gasteiger partial charge in [0.1, 0.15) is 0 Å². The molecule has 0 radical (unpaired) electrons. The van der Waals surface area contributed by atoms with Crippen molar-refractivity contribution in [2.75, 3.05) is 26.8 Å². The molecule has 6 heteroatoms.